The van der Waals surface area contributed by atoms with Gasteiger partial charge in [-0.1, -0.05) is 23.7 Å². The van der Waals surface area contributed by atoms with E-state index in [9.17, 15) is 0 Å². The highest BCUT2D eigenvalue weighted by Gasteiger charge is 2.12. The maximum absolute atomic E-state index is 6.08. The van der Waals surface area contributed by atoms with Crippen LogP contribution in [0.3, 0.4) is 0 Å². The van der Waals surface area contributed by atoms with E-state index in [4.69, 9.17) is 16.3 Å². The molecule has 0 fully saturated rings. The van der Waals surface area contributed by atoms with E-state index < -0.39 is 0 Å². The zero-order valence-electron chi connectivity index (χ0n) is 13.3. The molecule has 0 atom stereocenters. The molecule has 0 radical (unpaired) electrons. The molecular formula is C17H16ClN5O. The van der Waals surface area contributed by atoms with Crippen LogP contribution in [0.4, 0.5) is 5.95 Å². The molecule has 2 heterocycles. The van der Waals surface area contributed by atoms with E-state index >= 15 is 0 Å². The summed E-state index contributed by atoms with van der Waals surface area (Å²) >= 11 is 6.08. The Labute approximate surface area is 144 Å². The standard InChI is InChI=1S/C17H16ClN5O/c1-19-17-21-8-11(9-22-17)6-14-10-20-16(24-2)15(23-14)12-4-3-5-13(18)7-12/h3-5,7-10H,6H2,1-2H3,(H,19,21,22). The van der Waals surface area contributed by atoms with E-state index in [1.807, 2.05) is 24.3 Å². The lowest BCUT2D eigenvalue weighted by molar-refractivity contribution is 0.397. The maximum atomic E-state index is 6.08. The third-order valence-corrected chi connectivity index (χ3v) is 3.63. The van der Waals surface area contributed by atoms with E-state index in [-0.39, 0.29) is 0 Å². The van der Waals surface area contributed by atoms with Gasteiger partial charge in [0.05, 0.1) is 19.0 Å². The van der Waals surface area contributed by atoms with Crippen molar-refractivity contribution in [2.24, 2.45) is 0 Å². The number of hydrogen-bond acceptors (Lipinski definition) is 6. The molecule has 1 N–H and O–H groups in total. The molecule has 0 saturated carbocycles. The third kappa shape index (κ3) is 3.60. The fraction of sp³-hybridized carbons (Fsp3) is 0.176. The molecule has 24 heavy (non-hydrogen) atoms. The molecule has 0 spiro atoms. The minimum Gasteiger partial charge on any atom is -0.479 e. The van der Waals surface area contributed by atoms with Crippen molar-refractivity contribution in [3.05, 3.63) is 59.1 Å². The Bertz CT molecular complexity index is 839. The average Bonchev–Trinajstić information content (AvgIpc) is 2.62. The molecule has 0 saturated heterocycles. The normalized spacial score (nSPS) is 10.5. The summed E-state index contributed by atoms with van der Waals surface area (Å²) in [7, 11) is 3.35. The van der Waals surface area contributed by atoms with E-state index in [0.29, 0.717) is 29.0 Å². The van der Waals surface area contributed by atoms with E-state index in [1.54, 1.807) is 32.7 Å². The zero-order chi connectivity index (χ0) is 16.9. The summed E-state index contributed by atoms with van der Waals surface area (Å²) in [6.07, 6.45) is 5.81. The van der Waals surface area contributed by atoms with Crippen LogP contribution >= 0.6 is 11.6 Å². The molecular weight excluding hydrogens is 326 g/mol. The van der Waals surface area contributed by atoms with Gasteiger partial charge in [0, 0.05) is 36.4 Å². The Morgan fingerprint density at radius 1 is 1.12 bits per heavy atom. The Morgan fingerprint density at radius 2 is 1.92 bits per heavy atom. The lowest BCUT2D eigenvalue weighted by Crippen LogP contribution is -2.02. The number of ether oxygens (including phenoxy) is 1. The van der Waals surface area contributed by atoms with Crippen molar-refractivity contribution >= 4 is 17.5 Å². The average molecular weight is 342 g/mol. The van der Waals surface area contributed by atoms with Crippen molar-refractivity contribution in [1.29, 1.82) is 0 Å². The number of halogens is 1. The van der Waals surface area contributed by atoms with Crippen LogP contribution in [-0.4, -0.2) is 34.1 Å². The van der Waals surface area contributed by atoms with E-state index in [0.717, 1.165) is 16.8 Å². The highest BCUT2D eigenvalue weighted by atomic mass is 35.5. The first-order valence-corrected chi connectivity index (χ1v) is 7.72. The van der Waals surface area contributed by atoms with Gasteiger partial charge in [-0.3, -0.25) is 0 Å². The second kappa shape index (κ2) is 7.23. The van der Waals surface area contributed by atoms with Crippen LogP contribution in [0.2, 0.25) is 5.02 Å². The summed E-state index contributed by atoms with van der Waals surface area (Å²) in [5.74, 6) is 1.04. The molecule has 0 unspecified atom stereocenters. The van der Waals surface area contributed by atoms with Gasteiger partial charge in [-0.15, -0.1) is 0 Å². The third-order valence-electron chi connectivity index (χ3n) is 3.39. The summed E-state index contributed by atoms with van der Waals surface area (Å²) in [6.45, 7) is 0. The minimum absolute atomic E-state index is 0.461. The van der Waals surface area contributed by atoms with Crippen LogP contribution < -0.4 is 10.1 Å². The topological polar surface area (TPSA) is 72.8 Å². The monoisotopic (exact) mass is 341 g/mol. The quantitative estimate of drug-likeness (QED) is 0.768. The first kappa shape index (κ1) is 16.1. The maximum Gasteiger partial charge on any atom is 0.240 e. The van der Waals surface area contributed by atoms with Crippen LogP contribution in [0.5, 0.6) is 5.88 Å². The second-order valence-corrected chi connectivity index (χ2v) is 5.51. The van der Waals surface area contributed by atoms with E-state index in [1.165, 1.54) is 0 Å². The Morgan fingerprint density at radius 3 is 2.58 bits per heavy atom. The van der Waals surface area contributed by atoms with Gasteiger partial charge in [0.1, 0.15) is 5.69 Å². The number of rotatable bonds is 5. The summed E-state index contributed by atoms with van der Waals surface area (Å²) < 4.78 is 5.33. The Hall–Kier alpha value is -2.73. The first-order valence-electron chi connectivity index (χ1n) is 7.34. The molecule has 3 rings (SSSR count). The summed E-state index contributed by atoms with van der Waals surface area (Å²) in [6, 6.07) is 7.45. The van der Waals surface area contributed by atoms with Crippen molar-refractivity contribution in [3.8, 4) is 17.1 Å². The lowest BCUT2D eigenvalue weighted by Gasteiger charge is -2.09. The number of methoxy groups -OCH3 is 1. The van der Waals surface area contributed by atoms with Gasteiger partial charge in [-0.25, -0.2) is 19.9 Å². The number of anilines is 1. The summed E-state index contributed by atoms with van der Waals surface area (Å²) in [5, 5.41) is 3.53. The molecule has 0 amide bonds. The van der Waals surface area contributed by atoms with Gasteiger partial charge < -0.3 is 10.1 Å². The number of nitrogens with zero attached hydrogens (tertiary/aromatic N) is 4. The largest absolute Gasteiger partial charge is 0.479 e. The van der Waals surface area contributed by atoms with Crippen LogP contribution in [0.1, 0.15) is 11.3 Å². The van der Waals surface area contributed by atoms with Crippen molar-refractivity contribution in [3.63, 3.8) is 0 Å². The Kier molecular flexibility index (Phi) is 4.86. The predicted octanol–water partition coefficient (Wildman–Crippen LogP) is 3.23. The molecule has 3 aromatic rings. The molecule has 0 aliphatic carbocycles. The van der Waals surface area contributed by atoms with Gasteiger partial charge in [-0.2, -0.15) is 0 Å². The molecule has 0 aliphatic heterocycles. The molecule has 7 heteroatoms. The van der Waals surface area contributed by atoms with Crippen molar-refractivity contribution in [1.82, 2.24) is 19.9 Å². The van der Waals surface area contributed by atoms with Crippen molar-refractivity contribution in [2.45, 2.75) is 6.42 Å². The fourth-order valence-electron chi connectivity index (χ4n) is 2.26. The number of nitrogens with one attached hydrogen (secondary N) is 1. The Balaban J connectivity index is 1.93. The van der Waals surface area contributed by atoms with Gasteiger partial charge >= 0.3 is 0 Å². The highest BCUT2D eigenvalue weighted by molar-refractivity contribution is 6.30. The van der Waals surface area contributed by atoms with Crippen LogP contribution in [0.15, 0.2) is 42.9 Å². The SMILES string of the molecule is CNc1ncc(Cc2cnc(OC)c(-c3cccc(Cl)c3)n2)cn1. The highest BCUT2D eigenvalue weighted by Crippen LogP contribution is 2.28. The summed E-state index contributed by atoms with van der Waals surface area (Å²) in [4.78, 5) is 17.4. The molecule has 6 nitrogen and oxygen atoms in total. The molecule has 122 valence electrons. The predicted molar refractivity (Wildman–Crippen MR) is 93.4 cm³/mol. The number of aromatic nitrogens is 4. The molecule has 0 aliphatic rings. The van der Waals surface area contributed by atoms with Crippen molar-refractivity contribution in [2.75, 3.05) is 19.5 Å². The van der Waals surface area contributed by atoms with Crippen LogP contribution in [0, 0.1) is 0 Å². The zero-order valence-corrected chi connectivity index (χ0v) is 14.1. The van der Waals surface area contributed by atoms with E-state index in [2.05, 4.69) is 25.3 Å². The lowest BCUT2D eigenvalue weighted by atomic mass is 10.1. The number of benzene rings is 1. The van der Waals surface area contributed by atoms with Crippen molar-refractivity contribution < 1.29 is 4.74 Å². The smallest absolute Gasteiger partial charge is 0.240 e. The van der Waals surface area contributed by atoms with Gasteiger partial charge in [0.25, 0.3) is 0 Å². The van der Waals surface area contributed by atoms with Crippen LogP contribution in [-0.2, 0) is 6.42 Å². The van der Waals surface area contributed by atoms with Gasteiger partial charge in [-0.05, 0) is 17.7 Å². The molecule has 0 bridgehead atoms. The molecule has 2 aromatic heterocycles. The molecule has 1 aromatic carbocycles. The van der Waals surface area contributed by atoms with Gasteiger partial charge in [0.15, 0.2) is 0 Å². The first-order chi connectivity index (χ1) is 11.7. The van der Waals surface area contributed by atoms with Gasteiger partial charge in [0.2, 0.25) is 11.8 Å². The fourth-order valence-corrected chi connectivity index (χ4v) is 2.45. The number of hydrogen-bond donors (Lipinski definition) is 1. The minimum atomic E-state index is 0.461. The van der Waals surface area contributed by atoms with Crippen LogP contribution in [0.25, 0.3) is 11.3 Å². The summed E-state index contributed by atoms with van der Waals surface area (Å²) in [5.41, 5.74) is 3.26. The second-order valence-electron chi connectivity index (χ2n) is 5.07.